The van der Waals surface area contributed by atoms with Gasteiger partial charge in [0, 0.05) is 36.3 Å². The number of methoxy groups -OCH3 is 1. The summed E-state index contributed by atoms with van der Waals surface area (Å²) in [6.45, 7) is 3.89. The van der Waals surface area contributed by atoms with Crippen LogP contribution in [0.3, 0.4) is 0 Å². The lowest BCUT2D eigenvalue weighted by atomic mass is 10.0. The second-order valence-corrected chi connectivity index (χ2v) is 7.93. The van der Waals surface area contributed by atoms with Crippen molar-refractivity contribution in [2.75, 3.05) is 33.4 Å². The second kappa shape index (κ2) is 11.2. The van der Waals surface area contributed by atoms with Crippen molar-refractivity contribution in [1.82, 2.24) is 10.2 Å². The molecule has 32 heavy (non-hydrogen) atoms. The first-order valence-electron chi connectivity index (χ1n) is 10.3. The summed E-state index contributed by atoms with van der Waals surface area (Å²) in [5.41, 5.74) is 1.55. The molecule has 0 radical (unpaired) electrons. The maximum absolute atomic E-state index is 14.7. The Morgan fingerprint density at radius 2 is 2.06 bits per heavy atom. The SMILES string of the molecule is COC(=O)c1ccc(/C=C/C(=O)NCC(c2c(F)cccc2Cl)N2CCOC(C)C2)cc1. The molecule has 1 aliphatic rings. The third-order valence-corrected chi connectivity index (χ3v) is 5.60. The number of nitrogens with zero attached hydrogens (tertiary/aromatic N) is 1. The topological polar surface area (TPSA) is 67.9 Å². The van der Waals surface area contributed by atoms with E-state index in [-0.39, 0.29) is 18.6 Å². The number of ether oxygens (including phenoxy) is 2. The van der Waals surface area contributed by atoms with Crippen molar-refractivity contribution in [3.05, 3.63) is 76.1 Å². The first-order valence-corrected chi connectivity index (χ1v) is 10.7. The lowest BCUT2D eigenvalue weighted by Crippen LogP contribution is -2.46. The molecule has 0 aromatic heterocycles. The summed E-state index contributed by atoms with van der Waals surface area (Å²) >= 11 is 6.32. The van der Waals surface area contributed by atoms with E-state index in [9.17, 15) is 14.0 Å². The molecular weight excluding hydrogens is 435 g/mol. The van der Waals surface area contributed by atoms with Crippen molar-refractivity contribution in [2.45, 2.75) is 19.1 Å². The summed E-state index contributed by atoms with van der Waals surface area (Å²) in [5, 5.41) is 3.17. The van der Waals surface area contributed by atoms with Gasteiger partial charge in [-0.05, 0) is 42.8 Å². The maximum Gasteiger partial charge on any atom is 0.337 e. The first-order chi connectivity index (χ1) is 15.4. The molecule has 0 saturated carbocycles. The molecule has 6 nitrogen and oxygen atoms in total. The molecule has 0 bridgehead atoms. The molecule has 1 saturated heterocycles. The number of hydrogen-bond donors (Lipinski definition) is 1. The summed E-state index contributed by atoms with van der Waals surface area (Å²) in [5.74, 6) is -1.15. The van der Waals surface area contributed by atoms with Gasteiger partial charge in [0.15, 0.2) is 0 Å². The largest absolute Gasteiger partial charge is 0.465 e. The number of nitrogens with one attached hydrogen (secondary N) is 1. The van der Waals surface area contributed by atoms with Crippen LogP contribution in [0.15, 0.2) is 48.5 Å². The highest BCUT2D eigenvalue weighted by Crippen LogP contribution is 2.31. The zero-order valence-corrected chi connectivity index (χ0v) is 18.8. The van der Waals surface area contributed by atoms with Gasteiger partial charge in [-0.25, -0.2) is 9.18 Å². The molecule has 2 unspecified atom stereocenters. The minimum absolute atomic E-state index is 0.000331. The molecule has 3 rings (SSSR count). The van der Waals surface area contributed by atoms with Gasteiger partial charge in [-0.15, -0.1) is 0 Å². The number of carbonyl (C=O) groups excluding carboxylic acids is 2. The number of benzene rings is 2. The summed E-state index contributed by atoms with van der Waals surface area (Å²) in [6, 6.07) is 10.8. The molecule has 1 fully saturated rings. The van der Waals surface area contributed by atoms with Gasteiger partial charge in [-0.2, -0.15) is 0 Å². The fourth-order valence-electron chi connectivity index (χ4n) is 3.65. The quantitative estimate of drug-likeness (QED) is 0.502. The number of halogens is 2. The summed E-state index contributed by atoms with van der Waals surface area (Å²) in [4.78, 5) is 26.0. The van der Waals surface area contributed by atoms with Crippen LogP contribution in [-0.4, -0.2) is 56.2 Å². The van der Waals surface area contributed by atoms with Crippen molar-refractivity contribution in [3.8, 4) is 0 Å². The molecule has 2 aromatic carbocycles. The number of hydrogen-bond acceptors (Lipinski definition) is 5. The minimum atomic E-state index is -0.424. The second-order valence-electron chi connectivity index (χ2n) is 7.52. The van der Waals surface area contributed by atoms with Crippen molar-refractivity contribution < 1.29 is 23.5 Å². The Morgan fingerprint density at radius 1 is 1.31 bits per heavy atom. The van der Waals surface area contributed by atoms with Crippen molar-refractivity contribution in [2.24, 2.45) is 0 Å². The highest BCUT2D eigenvalue weighted by molar-refractivity contribution is 6.31. The van der Waals surface area contributed by atoms with Crippen LogP contribution in [0.25, 0.3) is 6.08 Å². The van der Waals surface area contributed by atoms with E-state index in [0.717, 1.165) is 5.56 Å². The van der Waals surface area contributed by atoms with E-state index in [1.807, 2.05) is 6.92 Å². The van der Waals surface area contributed by atoms with Gasteiger partial charge in [-0.3, -0.25) is 9.69 Å². The van der Waals surface area contributed by atoms with E-state index in [4.69, 9.17) is 16.3 Å². The molecule has 1 heterocycles. The number of morpholine rings is 1. The molecule has 2 atom stereocenters. The van der Waals surface area contributed by atoms with Gasteiger partial charge >= 0.3 is 5.97 Å². The average Bonchev–Trinajstić information content (AvgIpc) is 2.79. The highest BCUT2D eigenvalue weighted by atomic mass is 35.5. The Kier molecular flexibility index (Phi) is 8.39. The minimum Gasteiger partial charge on any atom is -0.465 e. The van der Waals surface area contributed by atoms with Crippen LogP contribution in [0.5, 0.6) is 0 Å². The zero-order chi connectivity index (χ0) is 23.1. The van der Waals surface area contributed by atoms with Gasteiger partial charge in [0.1, 0.15) is 5.82 Å². The summed E-state index contributed by atoms with van der Waals surface area (Å²) in [6.07, 6.45) is 3.04. The number of esters is 1. The first kappa shape index (κ1) is 23.9. The van der Waals surface area contributed by atoms with Gasteiger partial charge in [-0.1, -0.05) is 29.8 Å². The Hall–Kier alpha value is -2.74. The number of amides is 1. The van der Waals surface area contributed by atoms with E-state index >= 15 is 0 Å². The van der Waals surface area contributed by atoms with Crippen LogP contribution in [0.2, 0.25) is 5.02 Å². The van der Waals surface area contributed by atoms with E-state index < -0.39 is 17.8 Å². The lowest BCUT2D eigenvalue weighted by Gasteiger charge is -2.38. The molecule has 1 amide bonds. The molecule has 0 spiro atoms. The Bertz CT molecular complexity index is 960. The van der Waals surface area contributed by atoms with E-state index in [1.54, 1.807) is 42.5 Å². The molecule has 1 N–H and O–H groups in total. The van der Waals surface area contributed by atoms with E-state index in [0.29, 0.717) is 35.8 Å². The summed E-state index contributed by atoms with van der Waals surface area (Å²) < 4.78 is 24.9. The fourth-order valence-corrected chi connectivity index (χ4v) is 3.94. The highest BCUT2D eigenvalue weighted by Gasteiger charge is 2.29. The third kappa shape index (κ3) is 6.16. The van der Waals surface area contributed by atoms with Gasteiger partial charge < -0.3 is 14.8 Å². The predicted octanol–water partition coefficient (Wildman–Crippen LogP) is 3.86. The average molecular weight is 461 g/mol. The number of rotatable bonds is 7. The van der Waals surface area contributed by atoms with Gasteiger partial charge in [0.05, 0.1) is 31.4 Å². The van der Waals surface area contributed by atoms with Crippen LogP contribution in [0.4, 0.5) is 4.39 Å². The molecular formula is C24H26ClFN2O4. The third-order valence-electron chi connectivity index (χ3n) is 5.27. The van der Waals surface area contributed by atoms with E-state index in [1.165, 1.54) is 19.3 Å². The predicted molar refractivity (Wildman–Crippen MR) is 121 cm³/mol. The fraction of sp³-hybridized carbons (Fsp3) is 0.333. The molecule has 0 aliphatic carbocycles. The van der Waals surface area contributed by atoms with Crippen LogP contribution in [0.1, 0.15) is 34.5 Å². The van der Waals surface area contributed by atoms with E-state index in [2.05, 4.69) is 15.0 Å². The lowest BCUT2D eigenvalue weighted by molar-refractivity contribution is -0.116. The molecule has 170 valence electrons. The maximum atomic E-state index is 14.7. The molecule has 8 heteroatoms. The monoisotopic (exact) mass is 460 g/mol. The normalized spacial score (nSPS) is 17.8. The van der Waals surface area contributed by atoms with Crippen molar-refractivity contribution in [1.29, 1.82) is 0 Å². The zero-order valence-electron chi connectivity index (χ0n) is 18.0. The summed E-state index contributed by atoms with van der Waals surface area (Å²) in [7, 11) is 1.32. The van der Waals surface area contributed by atoms with Crippen LogP contribution >= 0.6 is 11.6 Å². The Morgan fingerprint density at radius 3 is 2.72 bits per heavy atom. The smallest absolute Gasteiger partial charge is 0.337 e. The molecule has 1 aliphatic heterocycles. The number of carbonyl (C=O) groups is 2. The molecule has 2 aromatic rings. The Balaban J connectivity index is 1.69. The van der Waals surface area contributed by atoms with Gasteiger partial charge in [0.2, 0.25) is 5.91 Å². The van der Waals surface area contributed by atoms with Crippen LogP contribution in [-0.2, 0) is 14.3 Å². The van der Waals surface area contributed by atoms with Crippen LogP contribution in [0, 0.1) is 5.82 Å². The van der Waals surface area contributed by atoms with Crippen molar-refractivity contribution in [3.63, 3.8) is 0 Å². The standard InChI is InChI=1S/C24H26ClFN2O4/c1-16-15-28(12-13-32-16)21(23-19(25)4-3-5-20(23)26)14-27-22(29)11-8-17-6-9-18(10-7-17)24(30)31-2/h3-11,16,21H,12-15H2,1-2H3,(H,27,29)/b11-8+. The van der Waals surface area contributed by atoms with Crippen molar-refractivity contribution >= 4 is 29.6 Å². The van der Waals surface area contributed by atoms with Gasteiger partial charge in [0.25, 0.3) is 0 Å². The van der Waals surface area contributed by atoms with Crippen LogP contribution < -0.4 is 5.32 Å². The Labute approximate surface area is 192 Å².